The van der Waals surface area contributed by atoms with E-state index in [1.165, 1.54) is 13.1 Å². The maximum absolute atomic E-state index is 12.1. The molecule has 0 fully saturated rings. The van der Waals surface area contributed by atoms with E-state index in [0.717, 1.165) is 10.8 Å². The normalized spacial score (nSPS) is 13.1. The van der Waals surface area contributed by atoms with Crippen molar-refractivity contribution in [2.75, 3.05) is 0 Å². The monoisotopic (exact) mass is 263 g/mol. The molecule has 98 valence electrons. The zero-order valence-corrected chi connectivity index (χ0v) is 9.10. The number of halogens is 3. The summed E-state index contributed by atoms with van der Waals surface area (Å²) >= 11 is 0. The fraction of sp³-hybridized carbons (Fsp3) is 0.444. The van der Waals surface area contributed by atoms with Gasteiger partial charge in [0.05, 0.1) is 6.54 Å². The molecule has 6 nitrogen and oxygen atoms in total. The smallest absolute Gasteiger partial charge is 0.382 e. The van der Waals surface area contributed by atoms with E-state index in [9.17, 15) is 22.8 Å². The van der Waals surface area contributed by atoms with Crippen molar-refractivity contribution in [3.63, 3.8) is 0 Å². The van der Waals surface area contributed by atoms with Gasteiger partial charge in [0.25, 0.3) is 5.56 Å². The molecule has 1 aromatic heterocycles. The van der Waals surface area contributed by atoms with Gasteiger partial charge in [0.2, 0.25) is 0 Å². The molecule has 0 aliphatic carbocycles. The predicted molar refractivity (Wildman–Crippen MR) is 52.7 cm³/mol. The molecule has 9 heteroatoms. The van der Waals surface area contributed by atoms with Gasteiger partial charge < -0.3 is 9.67 Å². The highest BCUT2D eigenvalue weighted by atomic mass is 19.4. The predicted octanol–water partition coefficient (Wildman–Crippen LogP) is -0.658. The van der Waals surface area contributed by atoms with Crippen LogP contribution in [0.4, 0.5) is 13.2 Å². The second-order valence-corrected chi connectivity index (χ2v) is 3.52. The summed E-state index contributed by atoms with van der Waals surface area (Å²) < 4.78 is 37.4. The summed E-state index contributed by atoms with van der Waals surface area (Å²) in [5, 5.41) is 17.4. The van der Waals surface area contributed by atoms with Crippen molar-refractivity contribution in [1.29, 1.82) is 5.26 Å². The molecule has 18 heavy (non-hydrogen) atoms. The first-order valence-corrected chi connectivity index (χ1v) is 4.64. The fourth-order valence-corrected chi connectivity index (χ4v) is 1.24. The van der Waals surface area contributed by atoms with Gasteiger partial charge in [-0.3, -0.25) is 9.36 Å². The third-order valence-corrected chi connectivity index (χ3v) is 2.18. The highest BCUT2D eigenvalue weighted by Gasteiger charge is 2.39. The number of aryl methyl sites for hydroxylation is 1. The number of nitrogens with zero attached hydrogens (tertiary/aromatic N) is 3. The lowest BCUT2D eigenvalue weighted by Gasteiger charge is -2.15. The lowest BCUT2D eigenvalue weighted by molar-refractivity contribution is -0.207. The first-order valence-electron chi connectivity index (χ1n) is 4.64. The van der Waals surface area contributed by atoms with E-state index in [-0.39, 0.29) is 4.57 Å². The second kappa shape index (κ2) is 4.66. The van der Waals surface area contributed by atoms with E-state index in [0.29, 0.717) is 0 Å². The van der Waals surface area contributed by atoms with Crippen LogP contribution in [-0.2, 0) is 13.6 Å². The lowest BCUT2D eigenvalue weighted by Crippen LogP contribution is -2.45. The highest BCUT2D eigenvalue weighted by molar-refractivity contribution is 5.22. The van der Waals surface area contributed by atoms with Gasteiger partial charge in [0.1, 0.15) is 11.6 Å². The number of rotatable bonds is 2. The molecular weight excluding hydrogens is 255 g/mol. The first-order chi connectivity index (χ1) is 8.18. The van der Waals surface area contributed by atoms with Crippen LogP contribution in [0.3, 0.4) is 0 Å². The fourth-order valence-electron chi connectivity index (χ4n) is 1.24. The quantitative estimate of drug-likeness (QED) is 0.767. The number of hydrogen-bond acceptors (Lipinski definition) is 4. The molecule has 0 aliphatic rings. The van der Waals surface area contributed by atoms with Crippen LogP contribution in [0.1, 0.15) is 5.56 Å². The van der Waals surface area contributed by atoms with Gasteiger partial charge in [0, 0.05) is 13.2 Å². The minimum Gasteiger partial charge on any atom is -0.382 e. The number of aliphatic hydroxyl groups is 1. The summed E-state index contributed by atoms with van der Waals surface area (Å²) in [4.78, 5) is 22.9. The van der Waals surface area contributed by atoms with Crippen molar-refractivity contribution in [2.45, 2.75) is 18.8 Å². The minimum atomic E-state index is -4.95. The molecule has 0 saturated heterocycles. The molecule has 1 N–H and O–H groups in total. The molecule has 0 aromatic carbocycles. The standard InChI is InChI=1S/C9H8F3N3O3/c1-14-3-5(2-13)7(17)15(8(14)18)4-6(16)9(10,11)12/h3,6,16H,4H2,1H3/t6-/m1/s1. The zero-order chi connectivity index (χ0) is 14.1. The Balaban J connectivity index is 3.35. The Hall–Kier alpha value is -2.08. The average molecular weight is 263 g/mol. The van der Waals surface area contributed by atoms with Crippen molar-refractivity contribution < 1.29 is 18.3 Å². The highest BCUT2D eigenvalue weighted by Crippen LogP contribution is 2.20. The maximum atomic E-state index is 12.1. The number of nitriles is 1. The van der Waals surface area contributed by atoms with Crippen molar-refractivity contribution in [1.82, 2.24) is 9.13 Å². The van der Waals surface area contributed by atoms with Crippen LogP contribution in [0.5, 0.6) is 0 Å². The Labute approximate surface area is 98.1 Å². The topological polar surface area (TPSA) is 88.0 Å². The SMILES string of the molecule is Cn1cc(C#N)c(=O)n(C[C@@H](O)C(F)(F)F)c1=O. The summed E-state index contributed by atoms with van der Waals surface area (Å²) in [7, 11) is 1.18. The molecule has 1 atom stereocenters. The molecule has 0 amide bonds. The van der Waals surface area contributed by atoms with Crippen molar-refractivity contribution >= 4 is 0 Å². The van der Waals surface area contributed by atoms with Crippen LogP contribution in [0.25, 0.3) is 0 Å². The Kier molecular flexibility index (Phi) is 3.62. The molecular formula is C9H8F3N3O3. The molecule has 1 heterocycles. The van der Waals surface area contributed by atoms with E-state index in [1.807, 2.05) is 0 Å². The van der Waals surface area contributed by atoms with Gasteiger partial charge in [-0.25, -0.2) is 4.79 Å². The Morgan fingerprint density at radius 3 is 2.50 bits per heavy atom. The maximum Gasteiger partial charge on any atom is 0.416 e. The van der Waals surface area contributed by atoms with Gasteiger partial charge in [-0.05, 0) is 0 Å². The lowest BCUT2D eigenvalue weighted by atomic mass is 10.3. The molecule has 0 bridgehead atoms. The van der Waals surface area contributed by atoms with Crippen molar-refractivity contribution in [3.05, 3.63) is 32.6 Å². The van der Waals surface area contributed by atoms with Gasteiger partial charge in [-0.1, -0.05) is 0 Å². The molecule has 1 rings (SSSR count). The van der Waals surface area contributed by atoms with Crippen LogP contribution in [0.15, 0.2) is 15.8 Å². The Morgan fingerprint density at radius 1 is 1.50 bits per heavy atom. The van der Waals surface area contributed by atoms with Gasteiger partial charge >= 0.3 is 11.9 Å². The number of alkyl halides is 3. The molecule has 0 spiro atoms. The average Bonchev–Trinajstić information content (AvgIpc) is 2.27. The summed E-state index contributed by atoms with van der Waals surface area (Å²) in [5.74, 6) is 0. The van der Waals surface area contributed by atoms with Gasteiger partial charge in [0.15, 0.2) is 6.10 Å². The summed E-state index contributed by atoms with van der Waals surface area (Å²) in [6.45, 7) is -1.25. The number of aliphatic hydroxyl groups excluding tert-OH is 1. The second-order valence-electron chi connectivity index (χ2n) is 3.52. The van der Waals surface area contributed by atoms with E-state index in [1.54, 1.807) is 0 Å². The first kappa shape index (κ1) is 14.0. The molecule has 0 radical (unpaired) electrons. The Morgan fingerprint density at radius 2 is 2.06 bits per heavy atom. The van der Waals surface area contributed by atoms with Crippen LogP contribution in [0.2, 0.25) is 0 Å². The third kappa shape index (κ3) is 2.60. The summed E-state index contributed by atoms with van der Waals surface area (Å²) in [5.41, 5.74) is -2.68. The van der Waals surface area contributed by atoms with Crippen LogP contribution >= 0.6 is 0 Å². The minimum absolute atomic E-state index is 0.177. The molecule has 1 aromatic rings. The van der Waals surface area contributed by atoms with Crippen molar-refractivity contribution in [3.8, 4) is 6.07 Å². The van der Waals surface area contributed by atoms with Gasteiger partial charge in [-0.15, -0.1) is 0 Å². The molecule has 0 saturated carbocycles. The summed E-state index contributed by atoms with van der Waals surface area (Å²) in [6, 6.07) is 1.46. The van der Waals surface area contributed by atoms with E-state index in [2.05, 4.69) is 0 Å². The molecule has 0 unspecified atom stereocenters. The van der Waals surface area contributed by atoms with E-state index < -0.39 is 35.6 Å². The van der Waals surface area contributed by atoms with Crippen molar-refractivity contribution in [2.24, 2.45) is 7.05 Å². The zero-order valence-electron chi connectivity index (χ0n) is 9.10. The van der Waals surface area contributed by atoms with Crippen LogP contribution in [-0.4, -0.2) is 26.5 Å². The third-order valence-electron chi connectivity index (χ3n) is 2.18. The largest absolute Gasteiger partial charge is 0.416 e. The Bertz CT molecular complexity index is 609. The van der Waals surface area contributed by atoms with E-state index in [4.69, 9.17) is 10.4 Å². The molecule has 0 aliphatic heterocycles. The van der Waals surface area contributed by atoms with Crippen LogP contribution < -0.4 is 11.2 Å². The summed E-state index contributed by atoms with van der Waals surface area (Å²) in [6.07, 6.45) is -6.88. The van der Waals surface area contributed by atoms with Crippen LogP contribution in [0, 0.1) is 11.3 Å². The number of hydrogen-bond donors (Lipinski definition) is 1. The number of aromatic nitrogens is 2. The van der Waals surface area contributed by atoms with Gasteiger partial charge in [-0.2, -0.15) is 18.4 Å². The van der Waals surface area contributed by atoms with E-state index >= 15 is 0 Å².